The van der Waals surface area contributed by atoms with Crippen molar-refractivity contribution in [1.29, 1.82) is 0 Å². The summed E-state index contributed by atoms with van der Waals surface area (Å²) >= 11 is 0. The Morgan fingerprint density at radius 1 is 0.586 bits per heavy atom. The number of carbonyl (C=O) groups is 4. The first-order chi connectivity index (χ1) is 14.0. The van der Waals surface area contributed by atoms with Gasteiger partial charge in [-0.25, -0.2) is 4.79 Å². The van der Waals surface area contributed by atoms with Crippen molar-refractivity contribution in [2.45, 2.75) is 0 Å². The molecule has 0 atom stereocenters. The lowest BCUT2D eigenvalue weighted by molar-refractivity contribution is 0.0483. The minimum Gasteiger partial charge on any atom is -0.478 e. The van der Waals surface area contributed by atoms with Gasteiger partial charge in [0.25, 0.3) is 17.7 Å². The second kappa shape index (κ2) is 8.62. The molecule has 0 unspecified atom stereocenters. The fourth-order valence-electron chi connectivity index (χ4n) is 2.54. The summed E-state index contributed by atoms with van der Waals surface area (Å²) in [5.74, 6) is -3.29. The highest BCUT2D eigenvalue weighted by molar-refractivity contribution is 6.12. The predicted molar refractivity (Wildman–Crippen MR) is 104 cm³/mol. The maximum atomic E-state index is 13.0. The van der Waals surface area contributed by atoms with Gasteiger partial charge in [0.05, 0.1) is 5.56 Å². The van der Waals surface area contributed by atoms with Crippen molar-refractivity contribution in [1.82, 2.24) is 10.4 Å². The molecule has 0 radical (unpaired) electrons. The highest BCUT2D eigenvalue weighted by Crippen LogP contribution is 2.11. The van der Waals surface area contributed by atoms with E-state index < -0.39 is 23.7 Å². The van der Waals surface area contributed by atoms with E-state index in [1.165, 1.54) is 36.4 Å². The maximum Gasteiger partial charge on any atom is 0.335 e. The number of aromatic carboxylic acids is 1. The third kappa shape index (κ3) is 4.54. The van der Waals surface area contributed by atoms with Crippen LogP contribution in [0.25, 0.3) is 0 Å². The lowest BCUT2D eigenvalue weighted by Gasteiger charge is -2.21. The number of hydrogen-bond acceptors (Lipinski definition) is 4. The molecule has 0 bridgehead atoms. The van der Waals surface area contributed by atoms with Crippen molar-refractivity contribution in [3.05, 3.63) is 107 Å². The van der Waals surface area contributed by atoms with Crippen molar-refractivity contribution in [3.63, 3.8) is 0 Å². The van der Waals surface area contributed by atoms with E-state index in [9.17, 15) is 19.2 Å². The summed E-state index contributed by atoms with van der Waals surface area (Å²) in [7, 11) is 0. The Bertz CT molecular complexity index is 1050. The van der Waals surface area contributed by atoms with Crippen molar-refractivity contribution in [2.75, 3.05) is 0 Å². The second-order valence-electron chi connectivity index (χ2n) is 6.00. The molecule has 0 aliphatic heterocycles. The number of rotatable bonds is 4. The van der Waals surface area contributed by atoms with Gasteiger partial charge >= 0.3 is 5.97 Å². The predicted octanol–water partition coefficient (Wildman–Crippen LogP) is 3.01. The Kier molecular flexibility index (Phi) is 5.80. The molecule has 3 rings (SSSR count). The molecular weight excluding hydrogens is 372 g/mol. The van der Waals surface area contributed by atoms with Crippen LogP contribution in [0.4, 0.5) is 0 Å². The van der Waals surface area contributed by atoms with Gasteiger partial charge in [-0.1, -0.05) is 36.4 Å². The summed E-state index contributed by atoms with van der Waals surface area (Å²) < 4.78 is 0. The van der Waals surface area contributed by atoms with Crippen LogP contribution < -0.4 is 5.43 Å². The minimum atomic E-state index is -1.14. The summed E-state index contributed by atoms with van der Waals surface area (Å²) in [6.07, 6.45) is 0. The molecule has 144 valence electrons. The van der Waals surface area contributed by atoms with Crippen LogP contribution in [-0.4, -0.2) is 33.8 Å². The molecule has 3 amide bonds. The standard InChI is InChI=1S/C22H16N2O5/c25-19(15-7-3-1-4-8-15)23-24(20(26)16-9-5-2-6-10-16)21(27)17-11-13-18(14-12-17)22(28)29/h1-14H,(H,23,25)(H,28,29). The molecule has 0 spiro atoms. The highest BCUT2D eigenvalue weighted by Gasteiger charge is 2.26. The maximum absolute atomic E-state index is 13.0. The number of amides is 3. The van der Waals surface area contributed by atoms with Crippen LogP contribution in [0.3, 0.4) is 0 Å². The molecule has 2 N–H and O–H groups in total. The summed E-state index contributed by atoms with van der Waals surface area (Å²) in [6, 6.07) is 21.2. The number of nitrogens with one attached hydrogen (secondary N) is 1. The van der Waals surface area contributed by atoms with Crippen molar-refractivity contribution < 1.29 is 24.3 Å². The number of benzene rings is 3. The van der Waals surface area contributed by atoms with E-state index in [4.69, 9.17) is 5.11 Å². The first kappa shape index (κ1) is 19.5. The number of hydrogen-bond donors (Lipinski definition) is 2. The average Bonchev–Trinajstić information content (AvgIpc) is 2.77. The first-order valence-electron chi connectivity index (χ1n) is 8.60. The van der Waals surface area contributed by atoms with Gasteiger partial charge in [-0.2, -0.15) is 5.01 Å². The molecule has 3 aromatic carbocycles. The zero-order valence-corrected chi connectivity index (χ0v) is 15.1. The topological polar surface area (TPSA) is 104 Å². The van der Waals surface area contributed by atoms with Crippen LogP contribution in [0.1, 0.15) is 41.4 Å². The number of nitrogens with zero attached hydrogens (tertiary/aromatic N) is 1. The van der Waals surface area contributed by atoms with E-state index in [1.807, 2.05) is 0 Å². The molecule has 0 aromatic heterocycles. The molecular formula is C22H16N2O5. The highest BCUT2D eigenvalue weighted by atomic mass is 16.4. The zero-order chi connectivity index (χ0) is 20.8. The molecule has 7 nitrogen and oxygen atoms in total. The van der Waals surface area contributed by atoms with Gasteiger partial charge in [0.15, 0.2) is 0 Å². The number of hydrazine groups is 1. The molecule has 7 heteroatoms. The van der Waals surface area contributed by atoms with Crippen LogP contribution in [0, 0.1) is 0 Å². The van der Waals surface area contributed by atoms with Gasteiger partial charge in [-0.15, -0.1) is 0 Å². The largest absolute Gasteiger partial charge is 0.478 e. The third-order valence-electron chi connectivity index (χ3n) is 4.06. The lowest BCUT2D eigenvalue weighted by Crippen LogP contribution is -2.49. The van der Waals surface area contributed by atoms with E-state index >= 15 is 0 Å². The normalized spacial score (nSPS) is 10.1. The summed E-state index contributed by atoms with van der Waals surface area (Å²) in [4.78, 5) is 49.4. The van der Waals surface area contributed by atoms with Crippen molar-refractivity contribution >= 4 is 23.7 Å². The fraction of sp³-hybridized carbons (Fsp3) is 0. The molecule has 0 saturated heterocycles. The van der Waals surface area contributed by atoms with E-state index in [-0.39, 0.29) is 22.3 Å². The zero-order valence-electron chi connectivity index (χ0n) is 15.1. The van der Waals surface area contributed by atoms with E-state index in [2.05, 4.69) is 5.43 Å². The van der Waals surface area contributed by atoms with Crippen LogP contribution in [-0.2, 0) is 0 Å². The SMILES string of the molecule is O=C(O)c1ccc(C(=O)N(NC(=O)c2ccccc2)C(=O)c2ccccc2)cc1. The Labute approximate surface area is 166 Å². The third-order valence-corrected chi connectivity index (χ3v) is 4.06. The van der Waals surface area contributed by atoms with Gasteiger partial charge in [0, 0.05) is 16.7 Å². The van der Waals surface area contributed by atoms with E-state index in [0.29, 0.717) is 5.01 Å². The van der Waals surface area contributed by atoms with Gasteiger partial charge in [0.1, 0.15) is 0 Å². The Morgan fingerprint density at radius 2 is 1.00 bits per heavy atom. The Morgan fingerprint density at radius 3 is 1.48 bits per heavy atom. The minimum absolute atomic E-state index is 0.00388. The quantitative estimate of drug-likeness (QED) is 0.528. The van der Waals surface area contributed by atoms with Crippen LogP contribution in [0.15, 0.2) is 84.9 Å². The Hall–Kier alpha value is -4.26. The molecule has 0 heterocycles. The smallest absolute Gasteiger partial charge is 0.335 e. The van der Waals surface area contributed by atoms with Gasteiger partial charge in [-0.3, -0.25) is 19.8 Å². The van der Waals surface area contributed by atoms with E-state index in [0.717, 1.165) is 0 Å². The van der Waals surface area contributed by atoms with Crippen LogP contribution >= 0.6 is 0 Å². The molecule has 0 fully saturated rings. The molecule has 0 aliphatic rings. The average molecular weight is 388 g/mol. The van der Waals surface area contributed by atoms with Crippen LogP contribution in [0.5, 0.6) is 0 Å². The Balaban J connectivity index is 1.93. The van der Waals surface area contributed by atoms with Crippen molar-refractivity contribution in [3.8, 4) is 0 Å². The van der Waals surface area contributed by atoms with Crippen molar-refractivity contribution in [2.24, 2.45) is 0 Å². The summed E-state index contributed by atoms with van der Waals surface area (Å²) in [6.45, 7) is 0. The molecule has 0 aliphatic carbocycles. The summed E-state index contributed by atoms with van der Waals surface area (Å²) in [5.41, 5.74) is 2.87. The van der Waals surface area contributed by atoms with Gasteiger partial charge < -0.3 is 5.11 Å². The number of carbonyl (C=O) groups excluding carboxylic acids is 3. The van der Waals surface area contributed by atoms with E-state index in [1.54, 1.807) is 48.5 Å². The lowest BCUT2D eigenvalue weighted by atomic mass is 10.1. The second-order valence-corrected chi connectivity index (χ2v) is 6.00. The molecule has 0 saturated carbocycles. The number of imide groups is 1. The fourth-order valence-corrected chi connectivity index (χ4v) is 2.54. The number of carboxylic acids is 1. The first-order valence-corrected chi connectivity index (χ1v) is 8.60. The monoisotopic (exact) mass is 388 g/mol. The summed E-state index contributed by atoms with van der Waals surface area (Å²) in [5, 5.41) is 9.62. The number of carboxylic acid groups (broad SMARTS) is 1. The molecule has 3 aromatic rings. The van der Waals surface area contributed by atoms with Crippen LogP contribution in [0.2, 0.25) is 0 Å². The van der Waals surface area contributed by atoms with Gasteiger partial charge in [0.2, 0.25) is 0 Å². The molecule has 29 heavy (non-hydrogen) atoms. The van der Waals surface area contributed by atoms with Gasteiger partial charge in [-0.05, 0) is 48.5 Å².